The molecule has 9 nitrogen and oxygen atoms in total. The van der Waals surface area contributed by atoms with Crippen molar-refractivity contribution in [2.45, 2.75) is 65.7 Å². The van der Waals surface area contributed by atoms with Crippen LogP contribution >= 0.6 is 0 Å². The maximum atomic E-state index is 13.2. The minimum atomic E-state index is -1.46. The molecule has 1 unspecified atom stereocenters. The first kappa shape index (κ1) is 27.0. The van der Waals surface area contributed by atoms with E-state index in [1.807, 2.05) is 49.5 Å². The zero-order chi connectivity index (χ0) is 26.7. The highest BCUT2D eigenvalue weighted by molar-refractivity contribution is 5.83. The van der Waals surface area contributed by atoms with Crippen molar-refractivity contribution in [2.75, 3.05) is 17.3 Å². The standard InChI is InChI=1S/C27H35N3O6/c1-26(2,3)34-24(32)28-21-16-19-15-18(17-29(7)20-11-9-8-10-12-20)13-14-22(19)30(23(21)31)36-25(33)35-27(4,5)6/h8-16,24,28,32H,17H2,1-7H3. The minimum Gasteiger partial charge on any atom is -0.427 e. The van der Waals surface area contributed by atoms with E-state index in [1.165, 1.54) is 0 Å². The van der Waals surface area contributed by atoms with Crippen LogP contribution in [0.3, 0.4) is 0 Å². The van der Waals surface area contributed by atoms with Crippen LogP contribution in [0.25, 0.3) is 10.9 Å². The minimum absolute atomic E-state index is 0.00336. The molecule has 0 aliphatic carbocycles. The number of carbonyl (C=O) groups excluding carboxylic acids is 1. The summed E-state index contributed by atoms with van der Waals surface area (Å²) in [4.78, 5) is 33.0. The van der Waals surface area contributed by atoms with Crippen LogP contribution < -0.4 is 20.6 Å². The topological polar surface area (TPSA) is 102 Å². The van der Waals surface area contributed by atoms with Gasteiger partial charge in [-0.1, -0.05) is 24.3 Å². The Morgan fingerprint density at radius 2 is 1.69 bits per heavy atom. The van der Waals surface area contributed by atoms with E-state index >= 15 is 0 Å². The van der Waals surface area contributed by atoms with Gasteiger partial charge < -0.3 is 24.8 Å². The molecule has 36 heavy (non-hydrogen) atoms. The second-order valence-corrected chi connectivity index (χ2v) is 10.5. The Bertz CT molecular complexity index is 1260. The van der Waals surface area contributed by atoms with E-state index in [1.54, 1.807) is 53.7 Å². The largest absolute Gasteiger partial charge is 0.534 e. The second kappa shape index (κ2) is 10.6. The number of fused-ring (bicyclic) bond motifs is 1. The number of aliphatic hydroxyl groups is 1. The Kier molecular flexibility index (Phi) is 7.96. The van der Waals surface area contributed by atoms with Gasteiger partial charge >= 0.3 is 11.7 Å². The van der Waals surface area contributed by atoms with Crippen LogP contribution in [-0.4, -0.2) is 40.7 Å². The fourth-order valence-corrected chi connectivity index (χ4v) is 3.52. The zero-order valence-electron chi connectivity index (χ0n) is 21.9. The fourth-order valence-electron chi connectivity index (χ4n) is 3.52. The van der Waals surface area contributed by atoms with Gasteiger partial charge in [-0.3, -0.25) is 9.63 Å². The number of para-hydroxylation sites is 1. The van der Waals surface area contributed by atoms with Crippen molar-refractivity contribution in [1.29, 1.82) is 0 Å². The lowest BCUT2D eigenvalue weighted by molar-refractivity contribution is -0.148. The molecular formula is C27H35N3O6. The summed E-state index contributed by atoms with van der Waals surface area (Å²) in [7, 11) is 1.99. The van der Waals surface area contributed by atoms with E-state index in [4.69, 9.17) is 14.3 Å². The van der Waals surface area contributed by atoms with Gasteiger partial charge in [-0.15, -0.1) is 4.73 Å². The summed E-state index contributed by atoms with van der Waals surface area (Å²) in [5.74, 6) is 0. The quantitative estimate of drug-likeness (QED) is 0.363. The van der Waals surface area contributed by atoms with E-state index < -0.39 is 29.3 Å². The van der Waals surface area contributed by atoms with Crippen LogP contribution in [0.15, 0.2) is 59.4 Å². The maximum absolute atomic E-state index is 13.2. The van der Waals surface area contributed by atoms with Gasteiger partial charge in [-0.25, -0.2) is 4.79 Å². The summed E-state index contributed by atoms with van der Waals surface area (Å²) in [6.07, 6.45) is -2.49. The summed E-state index contributed by atoms with van der Waals surface area (Å²) in [6, 6.07) is 17.0. The molecule has 194 valence electrons. The molecule has 0 fully saturated rings. The number of carbonyl (C=O) groups is 1. The molecule has 0 amide bonds. The van der Waals surface area contributed by atoms with E-state index in [0.29, 0.717) is 17.4 Å². The van der Waals surface area contributed by atoms with Crippen molar-refractivity contribution >= 4 is 28.4 Å². The lowest BCUT2D eigenvalue weighted by Gasteiger charge is -2.25. The molecule has 2 N–H and O–H groups in total. The van der Waals surface area contributed by atoms with Crippen molar-refractivity contribution < 1.29 is 24.2 Å². The molecule has 9 heteroatoms. The molecule has 3 aromatic rings. The van der Waals surface area contributed by atoms with Gasteiger partial charge in [-0.2, -0.15) is 0 Å². The van der Waals surface area contributed by atoms with Crippen LogP contribution in [0.1, 0.15) is 47.1 Å². The first-order valence-electron chi connectivity index (χ1n) is 11.7. The highest BCUT2D eigenvalue weighted by Crippen LogP contribution is 2.22. The summed E-state index contributed by atoms with van der Waals surface area (Å²) in [5.41, 5.74) is 0.238. The van der Waals surface area contributed by atoms with Gasteiger partial charge in [0.25, 0.3) is 0 Å². The molecule has 1 heterocycles. The smallest absolute Gasteiger partial charge is 0.427 e. The lowest BCUT2D eigenvalue weighted by atomic mass is 10.1. The fraction of sp³-hybridized carbons (Fsp3) is 0.407. The highest BCUT2D eigenvalue weighted by Gasteiger charge is 2.23. The average Bonchev–Trinajstić information content (AvgIpc) is 2.74. The molecule has 0 bridgehead atoms. The predicted molar refractivity (Wildman–Crippen MR) is 140 cm³/mol. The SMILES string of the molecule is CN(Cc1ccc2c(c1)cc(NC(O)OC(C)(C)C)c(=O)n2OC(=O)OC(C)(C)C)c1ccccc1. The molecule has 0 saturated heterocycles. The van der Waals surface area contributed by atoms with Crippen molar-refractivity contribution in [2.24, 2.45) is 0 Å². The second-order valence-electron chi connectivity index (χ2n) is 10.5. The third kappa shape index (κ3) is 7.47. The number of rotatable bonds is 7. The summed E-state index contributed by atoms with van der Waals surface area (Å²) < 4.78 is 11.6. The van der Waals surface area contributed by atoms with E-state index in [-0.39, 0.29) is 5.69 Å². The molecule has 3 rings (SSSR count). The Morgan fingerprint density at radius 3 is 2.31 bits per heavy atom. The van der Waals surface area contributed by atoms with Gasteiger partial charge in [0, 0.05) is 24.7 Å². The predicted octanol–water partition coefficient (Wildman–Crippen LogP) is 4.50. The molecule has 1 aromatic heterocycles. The maximum Gasteiger partial charge on any atom is 0.534 e. The molecule has 0 aliphatic rings. The number of aliphatic hydroxyl groups excluding tert-OH is 1. The molecule has 0 spiro atoms. The third-order valence-corrected chi connectivity index (χ3v) is 4.94. The lowest BCUT2D eigenvalue weighted by Crippen LogP contribution is -2.38. The number of pyridine rings is 1. The molecule has 2 aromatic carbocycles. The van der Waals surface area contributed by atoms with Crippen molar-refractivity contribution in [3.05, 3.63) is 70.5 Å². The number of anilines is 2. The first-order chi connectivity index (χ1) is 16.7. The zero-order valence-corrected chi connectivity index (χ0v) is 21.9. The Labute approximate surface area is 211 Å². The van der Waals surface area contributed by atoms with E-state index in [2.05, 4.69) is 10.2 Å². The third-order valence-electron chi connectivity index (χ3n) is 4.94. The number of hydrogen-bond donors (Lipinski definition) is 2. The van der Waals surface area contributed by atoms with Crippen molar-refractivity contribution in [3.63, 3.8) is 0 Å². The van der Waals surface area contributed by atoms with Gasteiger partial charge in [0.05, 0.1) is 11.1 Å². The molecule has 1 atom stereocenters. The first-order valence-corrected chi connectivity index (χ1v) is 11.7. The molecular weight excluding hydrogens is 462 g/mol. The van der Waals surface area contributed by atoms with Crippen LogP contribution in [0.4, 0.5) is 16.2 Å². The summed E-state index contributed by atoms with van der Waals surface area (Å²) >= 11 is 0. The van der Waals surface area contributed by atoms with E-state index in [9.17, 15) is 14.7 Å². The van der Waals surface area contributed by atoms with Crippen LogP contribution in [0.5, 0.6) is 0 Å². The van der Waals surface area contributed by atoms with Gasteiger partial charge in [0.2, 0.25) is 6.41 Å². The number of hydrogen-bond acceptors (Lipinski definition) is 8. The number of benzene rings is 2. The van der Waals surface area contributed by atoms with Crippen LogP contribution in [-0.2, 0) is 16.0 Å². The average molecular weight is 498 g/mol. The van der Waals surface area contributed by atoms with Crippen molar-refractivity contribution in [3.8, 4) is 0 Å². The normalized spacial score (nSPS) is 12.8. The summed E-state index contributed by atoms with van der Waals surface area (Å²) in [5, 5.41) is 13.6. The molecule has 0 saturated carbocycles. The van der Waals surface area contributed by atoms with Gasteiger partial charge in [0.15, 0.2) is 0 Å². The Balaban J connectivity index is 2.01. The molecule has 0 radical (unpaired) electrons. The summed E-state index contributed by atoms with van der Waals surface area (Å²) in [6.45, 7) is 11.0. The van der Waals surface area contributed by atoms with Crippen LogP contribution in [0.2, 0.25) is 0 Å². The van der Waals surface area contributed by atoms with E-state index in [0.717, 1.165) is 16.0 Å². The Hall–Kier alpha value is -3.56. The van der Waals surface area contributed by atoms with Gasteiger partial charge in [-0.05, 0) is 77.4 Å². The van der Waals surface area contributed by atoms with Gasteiger partial charge in [0.1, 0.15) is 11.3 Å². The van der Waals surface area contributed by atoms with Crippen molar-refractivity contribution in [1.82, 2.24) is 4.73 Å². The number of nitrogens with one attached hydrogen (secondary N) is 1. The Morgan fingerprint density at radius 1 is 1.03 bits per heavy atom. The number of aromatic nitrogens is 1. The van der Waals surface area contributed by atoms with Crippen LogP contribution in [0, 0.1) is 0 Å². The molecule has 0 aliphatic heterocycles. The monoisotopic (exact) mass is 497 g/mol. The highest BCUT2D eigenvalue weighted by atomic mass is 16.8. The number of ether oxygens (including phenoxy) is 2. The number of nitrogens with zero attached hydrogens (tertiary/aromatic N) is 2.